The Morgan fingerprint density at radius 3 is 2.40 bits per heavy atom. The summed E-state index contributed by atoms with van der Waals surface area (Å²) in [5, 5.41) is 10.4. The summed E-state index contributed by atoms with van der Waals surface area (Å²) in [6.45, 7) is 0. The summed E-state index contributed by atoms with van der Waals surface area (Å²) in [6, 6.07) is 8.72. The lowest BCUT2D eigenvalue weighted by Gasteiger charge is -2.05. The number of rotatable bonds is 1. The van der Waals surface area contributed by atoms with Crippen LogP contribution in [-0.2, 0) is 4.79 Å². The average Bonchev–Trinajstić information content (AvgIpc) is 2.68. The molecule has 0 saturated heterocycles. The van der Waals surface area contributed by atoms with E-state index in [0.29, 0.717) is 20.6 Å². The lowest BCUT2D eigenvalue weighted by atomic mass is 10.0. The zero-order chi connectivity index (χ0) is 14.4. The van der Waals surface area contributed by atoms with Crippen molar-refractivity contribution in [3.63, 3.8) is 0 Å². The van der Waals surface area contributed by atoms with E-state index < -0.39 is 5.97 Å². The molecule has 0 bridgehead atoms. The third-order valence-electron chi connectivity index (χ3n) is 3.19. The number of carboxylic acid groups (broad SMARTS) is 1. The highest BCUT2D eigenvalue weighted by Crippen LogP contribution is 2.49. The Labute approximate surface area is 130 Å². The zero-order valence-electron chi connectivity index (χ0n) is 9.95. The molecule has 0 fully saturated rings. The minimum absolute atomic E-state index is 0.418. The molecule has 1 N–H and O–H groups in total. The quantitative estimate of drug-likeness (QED) is 0.629. The Balaban J connectivity index is 2.41. The van der Waals surface area contributed by atoms with Crippen LogP contribution < -0.4 is 0 Å². The summed E-state index contributed by atoms with van der Waals surface area (Å²) in [4.78, 5) is 11.0. The van der Waals surface area contributed by atoms with Gasteiger partial charge in [0.15, 0.2) is 0 Å². The zero-order valence-corrected chi connectivity index (χ0v) is 12.2. The van der Waals surface area contributed by atoms with Gasteiger partial charge in [-0.2, -0.15) is 0 Å². The van der Waals surface area contributed by atoms with Crippen molar-refractivity contribution in [1.82, 2.24) is 0 Å². The van der Waals surface area contributed by atoms with Gasteiger partial charge in [-0.1, -0.05) is 46.9 Å². The molecular weight excluding hydrogens is 319 g/mol. The van der Waals surface area contributed by atoms with Crippen LogP contribution in [0.2, 0.25) is 15.1 Å². The highest BCUT2D eigenvalue weighted by atomic mass is 35.5. The maximum Gasteiger partial charge on any atom is 0.328 e. The normalized spacial score (nSPS) is 14.2. The Kier molecular flexibility index (Phi) is 3.25. The lowest BCUT2D eigenvalue weighted by Crippen LogP contribution is -1.91. The second-order valence-corrected chi connectivity index (χ2v) is 5.59. The van der Waals surface area contributed by atoms with E-state index in [1.54, 1.807) is 24.3 Å². The van der Waals surface area contributed by atoms with Crippen LogP contribution in [0.5, 0.6) is 0 Å². The highest BCUT2D eigenvalue weighted by molar-refractivity contribution is 6.44. The van der Waals surface area contributed by atoms with Crippen molar-refractivity contribution in [1.29, 1.82) is 0 Å². The average molecular weight is 326 g/mol. The molecule has 0 unspecified atom stereocenters. The van der Waals surface area contributed by atoms with E-state index in [4.69, 9.17) is 39.9 Å². The van der Waals surface area contributed by atoms with E-state index in [0.717, 1.165) is 28.3 Å². The van der Waals surface area contributed by atoms with Gasteiger partial charge in [0.25, 0.3) is 0 Å². The van der Waals surface area contributed by atoms with Gasteiger partial charge in [-0.25, -0.2) is 4.79 Å². The third kappa shape index (κ3) is 2.01. The van der Waals surface area contributed by atoms with Crippen LogP contribution in [0.25, 0.3) is 16.7 Å². The summed E-state index contributed by atoms with van der Waals surface area (Å²) >= 11 is 18.3. The molecule has 3 rings (SSSR count). The van der Waals surface area contributed by atoms with Crippen LogP contribution in [0.1, 0.15) is 11.1 Å². The predicted octanol–water partition coefficient (Wildman–Crippen LogP) is 5.14. The van der Waals surface area contributed by atoms with Crippen molar-refractivity contribution in [2.75, 3.05) is 0 Å². The van der Waals surface area contributed by atoms with Crippen LogP contribution in [0.4, 0.5) is 0 Å². The number of carbonyl (C=O) groups is 1. The van der Waals surface area contributed by atoms with Crippen LogP contribution in [0, 0.1) is 0 Å². The first kappa shape index (κ1) is 13.5. The lowest BCUT2D eigenvalue weighted by molar-refractivity contribution is -0.131. The first-order valence-electron chi connectivity index (χ1n) is 5.72. The largest absolute Gasteiger partial charge is 0.478 e. The van der Waals surface area contributed by atoms with Crippen LogP contribution in [-0.4, -0.2) is 11.1 Å². The van der Waals surface area contributed by atoms with Gasteiger partial charge in [0.1, 0.15) is 0 Å². The molecule has 2 aromatic rings. The second kappa shape index (κ2) is 4.81. The van der Waals surface area contributed by atoms with Crippen LogP contribution in [0.3, 0.4) is 0 Å². The van der Waals surface area contributed by atoms with Crippen molar-refractivity contribution in [3.05, 3.63) is 62.6 Å². The predicted molar refractivity (Wildman–Crippen MR) is 81.6 cm³/mol. The number of carboxylic acids is 1. The maximum absolute atomic E-state index is 11.0. The third-order valence-corrected chi connectivity index (χ3v) is 4.23. The molecule has 0 atom stereocenters. The summed E-state index contributed by atoms with van der Waals surface area (Å²) < 4.78 is 0. The van der Waals surface area contributed by atoms with Gasteiger partial charge in [0, 0.05) is 16.7 Å². The Morgan fingerprint density at radius 2 is 1.70 bits per heavy atom. The minimum atomic E-state index is -1.02. The molecule has 0 amide bonds. The van der Waals surface area contributed by atoms with Gasteiger partial charge < -0.3 is 5.11 Å². The van der Waals surface area contributed by atoms with Crippen LogP contribution >= 0.6 is 34.8 Å². The van der Waals surface area contributed by atoms with Crippen LogP contribution in [0.15, 0.2) is 36.4 Å². The van der Waals surface area contributed by atoms with Crippen molar-refractivity contribution in [2.45, 2.75) is 0 Å². The summed E-state index contributed by atoms with van der Waals surface area (Å²) in [5.74, 6) is -1.02. The van der Waals surface area contributed by atoms with Crippen molar-refractivity contribution in [3.8, 4) is 11.1 Å². The number of hydrogen-bond donors (Lipinski definition) is 1. The van der Waals surface area contributed by atoms with Crippen molar-refractivity contribution in [2.24, 2.45) is 0 Å². The molecule has 2 nitrogen and oxygen atoms in total. The molecular formula is C15H7Cl3O2. The monoisotopic (exact) mass is 324 g/mol. The number of fused-ring (bicyclic) bond motifs is 3. The number of hydrogen-bond acceptors (Lipinski definition) is 1. The van der Waals surface area contributed by atoms with E-state index in [9.17, 15) is 4.79 Å². The Bertz CT molecular complexity index is 779. The molecule has 0 aliphatic heterocycles. The van der Waals surface area contributed by atoms with Gasteiger partial charge in [0.2, 0.25) is 0 Å². The number of halogens is 3. The second-order valence-electron chi connectivity index (χ2n) is 4.37. The molecule has 0 aromatic heterocycles. The first-order chi connectivity index (χ1) is 9.49. The van der Waals surface area contributed by atoms with Gasteiger partial charge in [0.05, 0.1) is 10.0 Å². The van der Waals surface area contributed by atoms with E-state index in [2.05, 4.69) is 0 Å². The van der Waals surface area contributed by atoms with Crippen molar-refractivity contribution >= 4 is 46.3 Å². The molecule has 20 heavy (non-hydrogen) atoms. The maximum atomic E-state index is 11.0. The molecule has 1 aliphatic carbocycles. The van der Waals surface area contributed by atoms with Gasteiger partial charge >= 0.3 is 5.97 Å². The smallest absolute Gasteiger partial charge is 0.328 e. The molecule has 0 spiro atoms. The molecule has 100 valence electrons. The van der Waals surface area contributed by atoms with E-state index in [-0.39, 0.29) is 0 Å². The Hall–Kier alpha value is -1.48. The minimum Gasteiger partial charge on any atom is -0.478 e. The van der Waals surface area contributed by atoms with Gasteiger partial charge in [-0.05, 0) is 40.5 Å². The van der Waals surface area contributed by atoms with Gasteiger partial charge in [-0.15, -0.1) is 0 Å². The topological polar surface area (TPSA) is 37.3 Å². The summed E-state index contributed by atoms with van der Waals surface area (Å²) in [5.41, 5.74) is 3.67. The van der Waals surface area contributed by atoms with Gasteiger partial charge in [-0.3, -0.25) is 0 Å². The van der Waals surface area contributed by atoms with E-state index in [1.165, 1.54) is 0 Å². The molecule has 1 aliphatic rings. The van der Waals surface area contributed by atoms with Crippen molar-refractivity contribution < 1.29 is 9.90 Å². The fourth-order valence-electron chi connectivity index (χ4n) is 2.42. The molecule has 2 aromatic carbocycles. The standard InChI is InChI=1S/C15H7Cl3O2/c16-7-1-2-8-10(5-7)11(6-13(19)20)9-3-4-12(17)15(18)14(8)9/h1-6H,(H,19,20)/b11-6-. The summed E-state index contributed by atoms with van der Waals surface area (Å²) in [6.07, 6.45) is 1.16. The van der Waals surface area contributed by atoms with E-state index in [1.807, 2.05) is 6.07 Å². The van der Waals surface area contributed by atoms with E-state index >= 15 is 0 Å². The first-order valence-corrected chi connectivity index (χ1v) is 6.85. The Morgan fingerprint density at radius 1 is 1.00 bits per heavy atom. The molecule has 5 heteroatoms. The summed E-state index contributed by atoms with van der Waals surface area (Å²) in [7, 11) is 0. The molecule has 0 radical (unpaired) electrons. The molecule has 0 saturated carbocycles. The highest BCUT2D eigenvalue weighted by Gasteiger charge is 2.27. The fourth-order valence-corrected chi connectivity index (χ4v) is 3.02. The SMILES string of the molecule is O=C(O)/C=C1\c2cc(Cl)ccc2-c2c1ccc(Cl)c2Cl. The molecule has 0 heterocycles. The number of benzene rings is 2. The number of aliphatic carboxylic acids is 1. The fraction of sp³-hybridized carbons (Fsp3) is 0.